The van der Waals surface area contributed by atoms with Gasteiger partial charge < -0.3 is 5.32 Å². The molecule has 3 aromatic rings. The number of thioether (sulfide) groups is 1. The van der Waals surface area contributed by atoms with E-state index < -0.39 is 5.25 Å². The van der Waals surface area contributed by atoms with Gasteiger partial charge in [0.25, 0.3) is 5.56 Å². The lowest BCUT2D eigenvalue weighted by Crippen LogP contribution is -2.28. The van der Waals surface area contributed by atoms with E-state index in [2.05, 4.69) is 10.3 Å². The van der Waals surface area contributed by atoms with Crippen molar-refractivity contribution in [1.82, 2.24) is 9.55 Å². The molecule has 7 heteroatoms. The highest BCUT2D eigenvalue weighted by Crippen LogP contribution is 2.26. The molecule has 0 aliphatic heterocycles. The van der Waals surface area contributed by atoms with Crippen LogP contribution in [0, 0.1) is 12.7 Å². The minimum absolute atomic E-state index is 0.103. The van der Waals surface area contributed by atoms with E-state index in [-0.39, 0.29) is 23.3 Å². The Bertz CT molecular complexity index is 1090. The average molecular weight is 399 g/mol. The Morgan fingerprint density at radius 2 is 1.89 bits per heavy atom. The molecule has 0 aliphatic rings. The van der Waals surface area contributed by atoms with Crippen LogP contribution in [0.1, 0.15) is 32.4 Å². The number of halogens is 1. The van der Waals surface area contributed by atoms with E-state index >= 15 is 0 Å². The predicted molar refractivity (Wildman–Crippen MR) is 111 cm³/mol. The number of aryl methyl sites for hydroxylation is 1. The summed E-state index contributed by atoms with van der Waals surface area (Å²) < 4.78 is 15.3. The zero-order chi connectivity index (χ0) is 20.4. The van der Waals surface area contributed by atoms with Crippen LogP contribution < -0.4 is 10.9 Å². The third kappa shape index (κ3) is 4.09. The standard InChI is InChI=1S/C21H22FN3O2S/c1-12(2)25-20(27)16-7-5-6-8-18(16)24-21(25)28-14(4)19(26)23-15-10-9-13(3)17(22)11-15/h5-12,14H,1-4H3,(H,23,26)/t14-/m0/s1. The van der Waals surface area contributed by atoms with Crippen LogP contribution in [-0.4, -0.2) is 20.7 Å². The number of aromatic nitrogens is 2. The van der Waals surface area contributed by atoms with Crippen molar-refractivity contribution in [2.75, 3.05) is 5.32 Å². The van der Waals surface area contributed by atoms with E-state index in [1.54, 1.807) is 48.7 Å². The first kappa shape index (κ1) is 20.1. The van der Waals surface area contributed by atoms with Gasteiger partial charge in [0.1, 0.15) is 5.82 Å². The monoisotopic (exact) mass is 399 g/mol. The molecule has 28 heavy (non-hydrogen) atoms. The molecule has 5 nitrogen and oxygen atoms in total. The van der Waals surface area contributed by atoms with Gasteiger partial charge in [-0.15, -0.1) is 0 Å². The summed E-state index contributed by atoms with van der Waals surface area (Å²) in [6.07, 6.45) is 0. The van der Waals surface area contributed by atoms with Crippen LogP contribution in [0.15, 0.2) is 52.4 Å². The summed E-state index contributed by atoms with van der Waals surface area (Å²) in [5, 5.41) is 3.22. The van der Waals surface area contributed by atoms with Crippen molar-refractivity contribution in [2.24, 2.45) is 0 Å². The number of rotatable bonds is 5. The zero-order valence-corrected chi connectivity index (χ0v) is 17.0. The summed E-state index contributed by atoms with van der Waals surface area (Å²) in [5.74, 6) is -0.658. The molecule has 146 valence electrons. The maximum Gasteiger partial charge on any atom is 0.262 e. The lowest BCUT2D eigenvalue weighted by molar-refractivity contribution is -0.115. The van der Waals surface area contributed by atoms with E-state index in [0.29, 0.717) is 27.3 Å². The van der Waals surface area contributed by atoms with E-state index in [4.69, 9.17) is 0 Å². The molecular weight excluding hydrogens is 377 g/mol. The van der Waals surface area contributed by atoms with Gasteiger partial charge in [0.15, 0.2) is 5.16 Å². The quantitative estimate of drug-likeness (QED) is 0.505. The number of carbonyl (C=O) groups excluding carboxylic acids is 1. The van der Waals surface area contributed by atoms with Crippen LogP contribution in [0.4, 0.5) is 10.1 Å². The molecule has 1 aromatic heterocycles. The maximum absolute atomic E-state index is 13.7. The number of nitrogens with one attached hydrogen (secondary N) is 1. The molecule has 1 amide bonds. The number of carbonyl (C=O) groups is 1. The molecule has 0 bridgehead atoms. The number of hydrogen-bond donors (Lipinski definition) is 1. The molecular formula is C21H22FN3O2S. The number of hydrogen-bond acceptors (Lipinski definition) is 4. The summed E-state index contributed by atoms with van der Waals surface area (Å²) in [5.41, 5.74) is 1.38. The second-order valence-electron chi connectivity index (χ2n) is 6.89. The Hall–Kier alpha value is -2.67. The van der Waals surface area contributed by atoms with Gasteiger partial charge in [0.2, 0.25) is 5.91 Å². The predicted octanol–water partition coefficient (Wildman–Crippen LogP) is 4.54. The highest BCUT2D eigenvalue weighted by molar-refractivity contribution is 8.00. The van der Waals surface area contributed by atoms with Crippen LogP contribution in [-0.2, 0) is 4.79 Å². The molecule has 3 rings (SSSR count). The maximum atomic E-state index is 13.7. The third-order valence-electron chi connectivity index (χ3n) is 4.38. The van der Waals surface area contributed by atoms with Crippen molar-refractivity contribution in [3.63, 3.8) is 0 Å². The first-order valence-electron chi connectivity index (χ1n) is 9.03. The number of nitrogens with zero attached hydrogens (tertiary/aromatic N) is 2. The second kappa shape index (κ2) is 8.14. The van der Waals surface area contributed by atoms with Gasteiger partial charge in [-0.3, -0.25) is 14.2 Å². The van der Waals surface area contributed by atoms with Crippen molar-refractivity contribution >= 4 is 34.3 Å². The van der Waals surface area contributed by atoms with Gasteiger partial charge in [0.05, 0.1) is 16.2 Å². The highest BCUT2D eigenvalue weighted by atomic mass is 32.2. The molecule has 1 atom stereocenters. The van der Waals surface area contributed by atoms with Gasteiger partial charge in [-0.25, -0.2) is 9.37 Å². The van der Waals surface area contributed by atoms with Crippen molar-refractivity contribution in [3.05, 3.63) is 64.2 Å². The normalized spacial score (nSPS) is 12.4. The first-order chi connectivity index (χ1) is 13.3. The van der Waals surface area contributed by atoms with Gasteiger partial charge in [-0.05, 0) is 57.5 Å². The van der Waals surface area contributed by atoms with Crippen LogP contribution in [0.2, 0.25) is 0 Å². The minimum Gasteiger partial charge on any atom is -0.325 e. The number of anilines is 1. The fourth-order valence-corrected chi connectivity index (χ4v) is 3.83. The van der Waals surface area contributed by atoms with E-state index in [1.165, 1.54) is 17.8 Å². The third-order valence-corrected chi connectivity index (χ3v) is 5.45. The fraction of sp³-hybridized carbons (Fsp3) is 0.286. The lowest BCUT2D eigenvalue weighted by atomic mass is 10.2. The summed E-state index contributed by atoms with van der Waals surface area (Å²) in [4.78, 5) is 30.0. The molecule has 0 saturated heterocycles. The van der Waals surface area contributed by atoms with Gasteiger partial charge >= 0.3 is 0 Å². The van der Waals surface area contributed by atoms with Crippen molar-refractivity contribution in [2.45, 2.75) is 44.1 Å². The second-order valence-corrected chi connectivity index (χ2v) is 8.20. The Morgan fingerprint density at radius 3 is 2.57 bits per heavy atom. The van der Waals surface area contributed by atoms with Gasteiger partial charge in [-0.2, -0.15) is 0 Å². The number of fused-ring (bicyclic) bond motifs is 1. The Morgan fingerprint density at radius 1 is 1.18 bits per heavy atom. The Balaban J connectivity index is 1.88. The molecule has 0 aliphatic carbocycles. The van der Waals surface area contributed by atoms with Crippen LogP contribution in [0.5, 0.6) is 0 Å². The van der Waals surface area contributed by atoms with Gasteiger partial charge in [0, 0.05) is 11.7 Å². The van der Waals surface area contributed by atoms with E-state index in [9.17, 15) is 14.0 Å². The number of benzene rings is 2. The number of amides is 1. The Kier molecular flexibility index (Phi) is 5.84. The fourth-order valence-electron chi connectivity index (χ4n) is 2.79. The summed E-state index contributed by atoms with van der Waals surface area (Å²) in [6, 6.07) is 11.6. The molecule has 0 saturated carbocycles. The lowest BCUT2D eigenvalue weighted by Gasteiger charge is -2.18. The largest absolute Gasteiger partial charge is 0.325 e. The molecule has 1 heterocycles. The van der Waals surface area contributed by atoms with Crippen molar-refractivity contribution < 1.29 is 9.18 Å². The number of para-hydroxylation sites is 1. The SMILES string of the molecule is Cc1ccc(NC(=O)[C@H](C)Sc2nc3ccccc3c(=O)n2C(C)C)cc1F. The van der Waals surface area contributed by atoms with Crippen LogP contribution in [0.3, 0.4) is 0 Å². The smallest absolute Gasteiger partial charge is 0.262 e. The highest BCUT2D eigenvalue weighted by Gasteiger charge is 2.21. The molecule has 1 N–H and O–H groups in total. The molecule has 2 aromatic carbocycles. The molecule has 0 fully saturated rings. The Labute approximate surface area is 167 Å². The summed E-state index contributed by atoms with van der Waals surface area (Å²) in [7, 11) is 0. The molecule has 0 radical (unpaired) electrons. The van der Waals surface area contributed by atoms with Crippen LogP contribution >= 0.6 is 11.8 Å². The van der Waals surface area contributed by atoms with Gasteiger partial charge in [-0.1, -0.05) is 30.0 Å². The van der Waals surface area contributed by atoms with E-state index in [0.717, 1.165) is 0 Å². The molecule has 0 spiro atoms. The van der Waals surface area contributed by atoms with E-state index in [1.807, 2.05) is 19.9 Å². The summed E-state index contributed by atoms with van der Waals surface area (Å²) in [6.45, 7) is 7.20. The topological polar surface area (TPSA) is 64.0 Å². The van der Waals surface area contributed by atoms with Crippen molar-refractivity contribution in [3.8, 4) is 0 Å². The van der Waals surface area contributed by atoms with Crippen molar-refractivity contribution in [1.29, 1.82) is 0 Å². The minimum atomic E-state index is -0.526. The zero-order valence-electron chi connectivity index (χ0n) is 16.2. The average Bonchev–Trinajstić information content (AvgIpc) is 2.64. The molecule has 0 unspecified atom stereocenters. The van der Waals surface area contributed by atoms with Crippen LogP contribution in [0.25, 0.3) is 10.9 Å². The summed E-state index contributed by atoms with van der Waals surface area (Å²) >= 11 is 1.21. The first-order valence-corrected chi connectivity index (χ1v) is 9.91.